The quantitative estimate of drug-likeness (QED) is 0.527. The van der Waals surface area contributed by atoms with Gasteiger partial charge in [0, 0.05) is 0 Å². The van der Waals surface area contributed by atoms with E-state index in [0.29, 0.717) is 5.41 Å². The summed E-state index contributed by atoms with van der Waals surface area (Å²) in [6, 6.07) is 0. The fourth-order valence-corrected chi connectivity index (χ4v) is 0.697. The van der Waals surface area contributed by atoms with Crippen LogP contribution in [0.25, 0.3) is 0 Å². The van der Waals surface area contributed by atoms with Crippen molar-refractivity contribution in [1.82, 2.24) is 0 Å². The molecule has 8 heavy (non-hydrogen) atoms. The van der Waals surface area contributed by atoms with Gasteiger partial charge in [0.2, 0.25) is 0 Å². The lowest BCUT2D eigenvalue weighted by molar-refractivity contribution is 0.410. The smallest absolute Gasteiger partial charge is 0.0326 e. The van der Waals surface area contributed by atoms with Crippen LogP contribution in [0.15, 0.2) is 0 Å². The van der Waals surface area contributed by atoms with Crippen LogP contribution >= 0.6 is 0 Å². The SMILES string of the molecule is CC[CH]C(C)(C)CC. The third-order valence-corrected chi connectivity index (χ3v) is 1.67. The van der Waals surface area contributed by atoms with Crippen molar-refractivity contribution < 1.29 is 0 Å². The molecular formula is C8H17. The number of hydrogen-bond acceptors (Lipinski definition) is 0. The zero-order valence-electron chi connectivity index (χ0n) is 6.49. The van der Waals surface area contributed by atoms with Gasteiger partial charge < -0.3 is 0 Å². The second kappa shape index (κ2) is 3.11. The Morgan fingerprint density at radius 1 is 1.25 bits per heavy atom. The number of hydrogen-bond donors (Lipinski definition) is 0. The summed E-state index contributed by atoms with van der Waals surface area (Å²) in [6.45, 7) is 8.97. The first-order valence-electron chi connectivity index (χ1n) is 3.46. The lowest BCUT2D eigenvalue weighted by Gasteiger charge is -2.20. The van der Waals surface area contributed by atoms with Crippen LogP contribution in [-0.2, 0) is 0 Å². The van der Waals surface area contributed by atoms with E-state index in [0.717, 1.165) is 0 Å². The summed E-state index contributed by atoms with van der Waals surface area (Å²) in [5, 5.41) is 0. The summed E-state index contributed by atoms with van der Waals surface area (Å²) in [7, 11) is 0. The first-order valence-corrected chi connectivity index (χ1v) is 3.46. The van der Waals surface area contributed by atoms with Crippen molar-refractivity contribution in [2.45, 2.75) is 40.5 Å². The normalized spacial score (nSPS) is 12.0. The molecule has 0 heteroatoms. The molecule has 0 unspecified atom stereocenters. The maximum absolute atomic E-state index is 2.37. The second-order valence-electron chi connectivity index (χ2n) is 2.95. The third-order valence-electron chi connectivity index (χ3n) is 1.67. The molecule has 0 nitrogen and oxygen atoms in total. The van der Waals surface area contributed by atoms with Crippen LogP contribution in [0.2, 0.25) is 0 Å². The van der Waals surface area contributed by atoms with Crippen molar-refractivity contribution in [3.63, 3.8) is 0 Å². The lowest BCUT2D eigenvalue weighted by atomic mass is 9.86. The molecule has 0 saturated carbocycles. The highest BCUT2D eigenvalue weighted by molar-refractivity contribution is 4.81. The van der Waals surface area contributed by atoms with Gasteiger partial charge >= 0.3 is 0 Å². The van der Waals surface area contributed by atoms with Crippen molar-refractivity contribution >= 4 is 0 Å². The maximum Gasteiger partial charge on any atom is -0.0326 e. The van der Waals surface area contributed by atoms with Gasteiger partial charge in [0.25, 0.3) is 0 Å². The second-order valence-corrected chi connectivity index (χ2v) is 2.95. The van der Waals surface area contributed by atoms with Crippen molar-refractivity contribution in [2.75, 3.05) is 0 Å². The average molecular weight is 113 g/mol. The van der Waals surface area contributed by atoms with Crippen LogP contribution in [0.5, 0.6) is 0 Å². The monoisotopic (exact) mass is 113 g/mol. The lowest BCUT2D eigenvalue weighted by Crippen LogP contribution is -2.08. The van der Waals surface area contributed by atoms with Crippen molar-refractivity contribution in [1.29, 1.82) is 0 Å². The maximum atomic E-state index is 2.37. The molecule has 0 spiro atoms. The molecule has 0 aliphatic heterocycles. The van der Waals surface area contributed by atoms with E-state index < -0.39 is 0 Å². The first-order chi connectivity index (χ1) is 3.62. The Morgan fingerprint density at radius 2 is 1.75 bits per heavy atom. The largest absolute Gasteiger partial charge is 0.0651 e. The molecular weight excluding hydrogens is 96.1 g/mol. The zero-order valence-corrected chi connectivity index (χ0v) is 6.49. The molecule has 0 aromatic heterocycles. The zero-order chi connectivity index (χ0) is 6.62. The summed E-state index contributed by atoms with van der Waals surface area (Å²) in [5.74, 6) is 0. The van der Waals surface area contributed by atoms with E-state index in [1.165, 1.54) is 12.8 Å². The van der Waals surface area contributed by atoms with Crippen molar-refractivity contribution in [3.8, 4) is 0 Å². The van der Waals surface area contributed by atoms with Crippen LogP contribution in [0, 0.1) is 11.8 Å². The Bertz CT molecular complexity index is 53.1. The van der Waals surface area contributed by atoms with E-state index in [4.69, 9.17) is 0 Å². The highest BCUT2D eigenvalue weighted by Gasteiger charge is 2.12. The molecule has 0 N–H and O–H groups in total. The predicted molar refractivity (Wildman–Crippen MR) is 38.7 cm³/mol. The van der Waals surface area contributed by atoms with Gasteiger partial charge in [-0.05, 0) is 11.8 Å². The topological polar surface area (TPSA) is 0 Å². The minimum absolute atomic E-state index is 0.467. The molecule has 49 valence electrons. The van der Waals surface area contributed by atoms with Gasteiger partial charge in [-0.15, -0.1) is 0 Å². The summed E-state index contributed by atoms with van der Waals surface area (Å²) in [4.78, 5) is 0. The molecule has 0 heterocycles. The fraction of sp³-hybridized carbons (Fsp3) is 0.875. The molecule has 0 fully saturated rings. The van der Waals surface area contributed by atoms with Gasteiger partial charge in [-0.2, -0.15) is 0 Å². The Morgan fingerprint density at radius 3 is 1.88 bits per heavy atom. The van der Waals surface area contributed by atoms with E-state index in [9.17, 15) is 0 Å². The Hall–Kier alpha value is 0. The van der Waals surface area contributed by atoms with Crippen molar-refractivity contribution in [2.24, 2.45) is 5.41 Å². The first kappa shape index (κ1) is 8.00. The summed E-state index contributed by atoms with van der Waals surface area (Å²) in [6.07, 6.45) is 4.81. The molecule has 0 aliphatic carbocycles. The van der Waals surface area contributed by atoms with Gasteiger partial charge in [-0.3, -0.25) is 0 Å². The Balaban J connectivity index is 3.37. The molecule has 0 saturated heterocycles. The van der Waals surface area contributed by atoms with Crippen molar-refractivity contribution in [3.05, 3.63) is 6.42 Å². The molecule has 0 atom stereocenters. The van der Waals surface area contributed by atoms with Gasteiger partial charge in [0.15, 0.2) is 0 Å². The highest BCUT2D eigenvalue weighted by atomic mass is 14.2. The van der Waals surface area contributed by atoms with Gasteiger partial charge in [-0.1, -0.05) is 40.5 Å². The molecule has 0 aromatic rings. The predicted octanol–water partition coefficient (Wildman–Crippen LogP) is 3.04. The molecule has 0 bridgehead atoms. The highest BCUT2D eigenvalue weighted by Crippen LogP contribution is 2.24. The molecule has 0 aliphatic rings. The minimum Gasteiger partial charge on any atom is -0.0651 e. The molecule has 0 amide bonds. The summed E-state index contributed by atoms with van der Waals surface area (Å²) in [5.41, 5.74) is 0.467. The van der Waals surface area contributed by atoms with Crippen LogP contribution in [0.1, 0.15) is 40.5 Å². The molecule has 0 aromatic carbocycles. The molecule has 0 rings (SSSR count). The average Bonchev–Trinajstić information content (AvgIpc) is 1.67. The van der Waals surface area contributed by atoms with Crippen LogP contribution in [0.3, 0.4) is 0 Å². The molecule has 1 radical (unpaired) electrons. The van der Waals surface area contributed by atoms with E-state index in [1.807, 2.05) is 0 Å². The van der Waals surface area contributed by atoms with E-state index >= 15 is 0 Å². The van der Waals surface area contributed by atoms with Crippen LogP contribution < -0.4 is 0 Å². The number of rotatable bonds is 3. The van der Waals surface area contributed by atoms with Gasteiger partial charge in [0.05, 0.1) is 0 Å². The van der Waals surface area contributed by atoms with E-state index in [1.54, 1.807) is 0 Å². The van der Waals surface area contributed by atoms with Gasteiger partial charge in [0.1, 0.15) is 0 Å². The Labute approximate surface area is 53.3 Å². The van der Waals surface area contributed by atoms with Crippen LogP contribution in [-0.4, -0.2) is 0 Å². The fourth-order valence-electron chi connectivity index (χ4n) is 0.697. The van der Waals surface area contributed by atoms with E-state index in [-0.39, 0.29) is 0 Å². The Kier molecular flexibility index (Phi) is 3.11. The minimum atomic E-state index is 0.467. The van der Waals surface area contributed by atoms with Crippen LogP contribution in [0.4, 0.5) is 0 Å². The summed E-state index contributed by atoms with van der Waals surface area (Å²) < 4.78 is 0. The van der Waals surface area contributed by atoms with Gasteiger partial charge in [-0.25, -0.2) is 0 Å². The third kappa shape index (κ3) is 3.06. The van der Waals surface area contributed by atoms with E-state index in [2.05, 4.69) is 34.1 Å². The standard InChI is InChI=1S/C8H17/c1-5-7-8(3,4)6-2/h7H,5-6H2,1-4H3. The summed E-state index contributed by atoms with van der Waals surface area (Å²) >= 11 is 0.